The van der Waals surface area contributed by atoms with E-state index in [0.717, 1.165) is 80.9 Å². The van der Waals surface area contributed by atoms with Crippen LogP contribution in [0.25, 0.3) is 49.5 Å². The molecule has 0 radical (unpaired) electrons. The number of hydrogen-bond donors (Lipinski definition) is 3. The molecule has 1 aliphatic rings. The van der Waals surface area contributed by atoms with Gasteiger partial charge >= 0.3 is 0 Å². The Kier molecular flexibility index (Phi) is 5.98. The SMILES string of the molecule is NC(=O)c1ccc(-n2c3ccccc3c3c(-c4cnc5ccccc5c4)cccc32)cc1N[C@H]1CC[C@H](O)CC1. The molecule has 0 spiro atoms. The minimum atomic E-state index is -0.460. The van der Waals surface area contributed by atoms with Crippen molar-refractivity contribution < 1.29 is 9.90 Å². The predicted octanol–water partition coefficient (Wildman–Crippen LogP) is 6.81. The number of primary amides is 1. The van der Waals surface area contributed by atoms with E-state index in [1.54, 1.807) is 0 Å². The number of nitrogens with two attached hydrogens (primary N) is 1. The van der Waals surface area contributed by atoms with Gasteiger partial charge in [0, 0.05) is 45.3 Å². The zero-order chi connectivity index (χ0) is 27.2. The lowest BCUT2D eigenvalue weighted by molar-refractivity contribution is 0.100. The monoisotopic (exact) mass is 526 g/mol. The van der Waals surface area contributed by atoms with Gasteiger partial charge in [0.25, 0.3) is 5.91 Å². The van der Waals surface area contributed by atoms with E-state index < -0.39 is 5.91 Å². The highest BCUT2D eigenvalue weighted by Gasteiger charge is 2.22. The van der Waals surface area contributed by atoms with Gasteiger partial charge in [0.1, 0.15) is 0 Å². The van der Waals surface area contributed by atoms with Gasteiger partial charge in [-0.2, -0.15) is 0 Å². The molecule has 40 heavy (non-hydrogen) atoms. The van der Waals surface area contributed by atoms with E-state index >= 15 is 0 Å². The number of anilines is 1. The molecule has 7 rings (SSSR count). The summed E-state index contributed by atoms with van der Waals surface area (Å²) in [5.41, 5.74) is 13.3. The van der Waals surface area contributed by atoms with Crippen LogP contribution >= 0.6 is 0 Å². The molecule has 2 aromatic heterocycles. The Hall–Kier alpha value is -4.68. The van der Waals surface area contributed by atoms with Gasteiger partial charge in [0.05, 0.1) is 28.2 Å². The number of benzene rings is 4. The third-order valence-electron chi connectivity index (χ3n) is 8.18. The first-order valence-corrected chi connectivity index (χ1v) is 13.8. The van der Waals surface area contributed by atoms with Crippen molar-refractivity contribution in [2.45, 2.75) is 37.8 Å². The Morgan fingerprint density at radius 1 is 0.875 bits per heavy atom. The number of nitrogens with zero attached hydrogens (tertiary/aromatic N) is 2. The molecule has 1 aliphatic carbocycles. The molecule has 6 heteroatoms. The lowest BCUT2D eigenvalue weighted by atomic mass is 9.92. The van der Waals surface area contributed by atoms with Gasteiger partial charge in [0.2, 0.25) is 0 Å². The molecule has 1 fully saturated rings. The summed E-state index contributed by atoms with van der Waals surface area (Å²) in [5, 5.41) is 16.9. The summed E-state index contributed by atoms with van der Waals surface area (Å²) in [6.07, 6.45) is 4.91. The third-order valence-corrected chi connectivity index (χ3v) is 8.18. The maximum atomic E-state index is 12.4. The summed E-state index contributed by atoms with van der Waals surface area (Å²) in [5.74, 6) is -0.460. The smallest absolute Gasteiger partial charge is 0.250 e. The number of amides is 1. The van der Waals surface area contributed by atoms with E-state index in [0.29, 0.717) is 5.56 Å². The van der Waals surface area contributed by atoms with Gasteiger partial charge in [-0.3, -0.25) is 9.78 Å². The first kappa shape index (κ1) is 24.4. The summed E-state index contributed by atoms with van der Waals surface area (Å²) in [6, 6.07) is 31.2. The van der Waals surface area contributed by atoms with Crippen molar-refractivity contribution in [3.05, 3.63) is 103 Å². The van der Waals surface area contributed by atoms with Crippen LogP contribution in [0.3, 0.4) is 0 Å². The Morgan fingerprint density at radius 2 is 1.65 bits per heavy atom. The van der Waals surface area contributed by atoms with Crippen LogP contribution in [0, 0.1) is 0 Å². The normalized spacial score (nSPS) is 17.4. The van der Waals surface area contributed by atoms with Crippen LogP contribution in [0.2, 0.25) is 0 Å². The summed E-state index contributed by atoms with van der Waals surface area (Å²) in [7, 11) is 0. The fourth-order valence-electron chi connectivity index (χ4n) is 6.20. The van der Waals surface area contributed by atoms with Crippen LogP contribution in [0.5, 0.6) is 0 Å². The van der Waals surface area contributed by atoms with Crippen LogP contribution in [0.15, 0.2) is 97.2 Å². The molecule has 1 amide bonds. The number of hydrogen-bond acceptors (Lipinski definition) is 4. The van der Waals surface area contributed by atoms with Crippen LogP contribution < -0.4 is 11.1 Å². The maximum absolute atomic E-state index is 12.4. The Morgan fingerprint density at radius 3 is 2.50 bits per heavy atom. The van der Waals surface area contributed by atoms with Gasteiger partial charge in [-0.05, 0) is 73.7 Å². The van der Waals surface area contributed by atoms with Crippen molar-refractivity contribution in [2.24, 2.45) is 5.73 Å². The third kappa shape index (κ3) is 4.17. The molecule has 6 nitrogen and oxygen atoms in total. The molecule has 1 saturated carbocycles. The van der Waals surface area contributed by atoms with Crippen LogP contribution in [0.4, 0.5) is 5.69 Å². The summed E-state index contributed by atoms with van der Waals surface area (Å²) >= 11 is 0. The number of pyridine rings is 1. The molecule has 198 valence electrons. The van der Waals surface area contributed by atoms with E-state index in [-0.39, 0.29) is 12.1 Å². The lowest BCUT2D eigenvalue weighted by Crippen LogP contribution is -2.29. The molecule has 2 heterocycles. The van der Waals surface area contributed by atoms with Crippen molar-refractivity contribution in [2.75, 3.05) is 5.32 Å². The van der Waals surface area contributed by atoms with E-state index in [1.807, 2.05) is 42.6 Å². The van der Waals surface area contributed by atoms with Crippen molar-refractivity contribution in [3.63, 3.8) is 0 Å². The van der Waals surface area contributed by atoms with Crippen molar-refractivity contribution >= 4 is 44.3 Å². The second-order valence-corrected chi connectivity index (χ2v) is 10.7. The van der Waals surface area contributed by atoms with Gasteiger partial charge in [-0.15, -0.1) is 0 Å². The number of aromatic nitrogens is 2. The second-order valence-electron chi connectivity index (χ2n) is 10.7. The molecule has 0 saturated heterocycles. The molecule has 0 atom stereocenters. The highest BCUT2D eigenvalue weighted by molar-refractivity contribution is 6.16. The quantitative estimate of drug-likeness (QED) is 0.230. The minimum Gasteiger partial charge on any atom is -0.393 e. The van der Waals surface area contributed by atoms with Crippen LogP contribution in [-0.2, 0) is 0 Å². The number of nitrogens with one attached hydrogen (secondary N) is 1. The first-order chi connectivity index (χ1) is 19.6. The van der Waals surface area contributed by atoms with E-state index in [1.165, 1.54) is 0 Å². The number of rotatable bonds is 5. The Balaban J connectivity index is 1.41. The number of fused-ring (bicyclic) bond motifs is 4. The maximum Gasteiger partial charge on any atom is 0.250 e. The average molecular weight is 527 g/mol. The predicted molar refractivity (Wildman–Crippen MR) is 162 cm³/mol. The zero-order valence-electron chi connectivity index (χ0n) is 22.0. The van der Waals surface area contributed by atoms with Gasteiger partial charge in [0.15, 0.2) is 0 Å². The molecule has 0 unspecified atom stereocenters. The van der Waals surface area contributed by atoms with E-state index in [2.05, 4.69) is 64.5 Å². The van der Waals surface area contributed by atoms with E-state index in [9.17, 15) is 9.90 Å². The van der Waals surface area contributed by atoms with Crippen molar-refractivity contribution in [1.82, 2.24) is 9.55 Å². The molecule has 0 aliphatic heterocycles. The van der Waals surface area contributed by atoms with Crippen molar-refractivity contribution in [3.8, 4) is 16.8 Å². The fourth-order valence-corrected chi connectivity index (χ4v) is 6.20. The second kappa shape index (κ2) is 9.81. The number of aliphatic hydroxyl groups excluding tert-OH is 1. The fraction of sp³-hybridized carbons (Fsp3) is 0.176. The van der Waals surface area contributed by atoms with E-state index in [4.69, 9.17) is 10.7 Å². The topological polar surface area (TPSA) is 93.2 Å². The largest absolute Gasteiger partial charge is 0.393 e. The molecule has 0 bridgehead atoms. The van der Waals surface area contributed by atoms with Gasteiger partial charge < -0.3 is 20.7 Å². The number of carbonyl (C=O) groups is 1. The molecular weight excluding hydrogens is 496 g/mol. The van der Waals surface area contributed by atoms with Crippen LogP contribution in [0.1, 0.15) is 36.0 Å². The average Bonchev–Trinajstić information content (AvgIpc) is 3.32. The first-order valence-electron chi connectivity index (χ1n) is 13.8. The lowest BCUT2D eigenvalue weighted by Gasteiger charge is -2.28. The minimum absolute atomic E-state index is 0.182. The standard InChI is InChI=1S/C34H30N4O2/c35-34(40)27-17-14-24(19-30(27)37-23-12-15-25(39)16-13-23)38-31-10-4-2-7-28(31)33-26(8-5-11-32(33)38)22-18-21-6-1-3-9-29(21)36-20-22/h1-11,14,17-20,23,25,37,39H,12-13,15-16H2,(H2,35,40)/t23-,25-. The Bertz CT molecular complexity index is 1900. The summed E-state index contributed by atoms with van der Waals surface area (Å²) < 4.78 is 2.25. The molecule has 4 aromatic carbocycles. The number of aliphatic hydroxyl groups is 1. The molecule has 4 N–H and O–H groups in total. The molecule has 6 aromatic rings. The highest BCUT2D eigenvalue weighted by Crippen LogP contribution is 2.39. The van der Waals surface area contributed by atoms with Crippen LogP contribution in [-0.4, -0.2) is 32.7 Å². The van der Waals surface area contributed by atoms with Gasteiger partial charge in [-0.25, -0.2) is 0 Å². The number of para-hydroxylation sites is 2. The van der Waals surface area contributed by atoms with Crippen molar-refractivity contribution in [1.29, 1.82) is 0 Å². The number of carbonyl (C=O) groups excluding carboxylic acids is 1. The summed E-state index contributed by atoms with van der Waals surface area (Å²) in [4.78, 5) is 17.1. The Labute approximate surface area is 232 Å². The molecular formula is C34H30N4O2. The highest BCUT2D eigenvalue weighted by atomic mass is 16.3. The zero-order valence-corrected chi connectivity index (χ0v) is 22.0. The van der Waals surface area contributed by atoms with Gasteiger partial charge in [-0.1, -0.05) is 48.5 Å². The summed E-state index contributed by atoms with van der Waals surface area (Å²) in [6.45, 7) is 0.